The lowest BCUT2D eigenvalue weighted by molar-refractivity contribution is 0.469. The van der Waals surface area contributed by atoms with Crippen LogP contribution >= 0.6 is 0 Å². The summed E-state index contributed by atoms with van der Waals surface area (Å²) in [6.45, 7) is 17.4. The van der Waals surface area contributed by atoms with E-state index < -0.39 is 0 Å². The Kier molecular flexibility index (Phi) is 126. The Morgan fingerprint density at radius 1 is 0.556 bits per heavy atom. The molecule has 0 aromatic rings. The lowest BCUT2D eigenvalue weighted by atomic mass is 10.0. The molecule has 0 nitrogen and oxygen atoms in total. The summed E-state index contributed by atoms with van der Waals surface area (Å²) >= 11 is 0. The summed E-state index contributed by atoms with van der Waals surface area (Å²) in [4.78, 5) is 0. The van der Waals surface area contributed by atoms with Gasteiger partial charge in [-0.3, -0.25) is 0 Å². The zero-order valence-corrected chi connectivity index (χ0v) is 11.3. The van der Waals surface area contributed by atoms with E-state index in [-0.39, 0.29) is 37.1 Å². The summed E-state index contributed by atoms with van der Waals surface area (Å²) in [7, 11) is 0. The Balaban J connectivity index is -0.0000000125. The molecule has 0 aliphatic heterocycles. The van der Waals surface area contributed by atoms with Gasteiger partial charge in [-0.05, 0) is 5.41 Å². The Morgan fingerprint density at radius 2 is 0.667 bits per heavy atom. The fourth-order valence-electron chi connectivity index (χ4n) is 0.354. The van der Waals surface area contributed by atoms with Crippen molar-refractivity contribution in [2.45, 2.75) is 118 Å². The average Bonchev–Trinajstić information content (AvgIpc) is 1.87. The fraction of sp³-hybridized carbons (Fsp3) is 1.00. The van der Waals surface area contributed by atoms with Gasteiger partial charge in [-0.15, -0.1) is 0 Å². The van der Waals surface area contributed by atoms with Gasteiger partial charge in [0.1, 0.15) is 0 Å². The van der Waals surface area contributed by atoms with Gasteiger partial charge in [-0.1, -0.05) is 118 Å². The van der Waals surface area contributed by atoms with E-state index in [0.717, 1.165) is 0 Å². The molecule has 0 aliphatic carbocycles. The van der Waals surface area contributed by atoms with Gasteiger partial charge >= 0.3 is 0 Å². The summed E-state index contributed by atoms with van der Waals surface area (Å²) in [5.74, 6) is 0. The first kappa shape index (κ1) is 52.0. The molecule has 0 spiro atoms. The van der Waals surface area contributed by atoms with Crippen molar-refractivity contribution in [3.63, 3.8) is 0 Å². The molecule has 0 aliphatic rings. The van der Waals surface area contributed by atoms with Crippen molar-refractivity contribution in [3.8, 4) is 0 Å². The second-order valence-corrected chi connectivity index (χ2v) is 5.06. The monoisotopic (exact) mass is 268 g/mol. The van der Waals surface area contributed by atoms with Crippen molar-refractivity contribution in [1.29, 1.82) is 0 Å². The third kappa shape index (κ3) is 900. The molecule has 0 heterocycles. The molecule has 0 saturated heterocycles. The Labute approximate surface area is 124 Å². The first-order valence-corrected chi connectivity index (χ1v) is 5.83. The lowest BCUT2D eigenvalue weighted by Gasteiger charge is -2.05. The molecule has 0 atom stereocenters. The topological polar surface area (TPSA) is 0 Å². The van der Waals surface area contributed by atoms with Crippen LogP contribution in [0.5, 0.6) is 0 Å². The zero-order chi connectivity index (χ0) is 11.3. The summed E-state index contributed by atoms with van der Waals surface area (Å²) < 4.78 is 0. The van der Waals surface area contributed by atoms with Crippen LogP contribution < -0.4 is 0 Å². The van der Waals surface area contributed by atoms with Crippen LogP contribution in [-0.4, -0.2) is 0 Å². The van der Waals surface area contributed by atoms with E-state index in [9.17, 15) is 0 Å². The van der Waals surface area contributed by atoms with Gasteiger partial charge in [-0.2, -0.15) is 0 Å². The van der Waals surface area contributed by atoms with Crippen molar-refractivity contribution in [3.05, 3.63) is 0 Å². The Bertz CT molecular complexity index is 48.9. The minimum Gasteiger partial charge on any atom is -0.0776 e. The van der Waals surface area contributed by atoms with Gasteiger partial charge in [0, 0.05) is 0 Å². The highest BCUT2D eigenvalue weighted by molar-refractivity contribution is 4.47. The molecule has 0 bridgehead atoms. The first-order valence-electron chi connectivity index (χ1n) is 5.83. The van der Waals surface area contributed by atoms with Crippen molar-refractivity contribution >= 4 is 0 Å². The molecule has 0 N–H and O–H groups in total. The molecule has 0 radical (unpaired) electrons. The number of hydrogen-bond acceptors (Lipinski definition) is 0. The maximum absolute atomic E-state index is 2.21. The Morgan fingerprint density at radius 3 is 0.667 bits per heavy atom. The molecule has 0 unspecified atom stereocenters. The van der Waals surface area contributed by atoms with Gasteiger partial charge in [0.05, 0.1) is 0 Å². The van der Waals surface area contributed by atoms with Crippen LogP contribution in [0.1, 0.15) is 118 Å². The quantitative estimate of drug-likeness (QED) is 0.469. The first-order chi connectivity index (χ1) is 5.83. The number of hydrogen-bond donors (Lipinski definition) is 0. The summed E-state index contributed by atoms with van der Waals surface area (Å²) in [6, 6.07) is 0. The molecule has 0 rings (SSSR count). The van der Waals surface area contributed by atoms with Crippen LogP contribution in [-0.2, 0) is 0 Å². The molecule has 0 aromatic carbocycles. The van der Waals surface area contributed by atoms with Crippen LogP contribution in [0.3, 0.4) is 0 Å². The normalized spacial score (nSPS) is 6.67. The predicted octanol–water partition coefficient (Wildman–Crippen LogP) is 8.85. The third-order valence-electron chi connectivity index (χ3n) is 0.707. The Hall–Kier alpha value is 0. The van der Waals surface area contributed by atoms with E-state index in [0.29, 0.717) is 5.41 Å². The highest BCUT2D eigenvalue weighted by atomic mass is 14.0. The van der Waals surface area contributed by atoms with Crippen LogP contribution in [0, 0.1) is 5.41 Å². The van der Waals surface area contributed by atoms with E-state index in [4.69, 9.17) is 0 Å². The molecule has 124 valence electrons. The molecule has 0 saturated carbocycles. The fourth-order valence-corrected chi connectivity index (χ4v) is 0.354. The average molecular weight is 269 g/mol. The van der Waals surface area contributed by atoms with Crippen LogP contribution in [0.15, 0.2) is 0 Å². The minimum absolute atomic E-state index is 0. The van der Waals surface area contributed by atoms with Crippen LogP contribution in [0.4, 0.5) is 0 Å². The van der Waals surface area contributed by atoms with Crippen molar-refractivity contribution in [2.75, 3.05) is 0 Å². The smallest absolute Gasteiger partial charge is 0.0411 e. The molecule has 0 aromatic heterocycles. The zero-order valence-electron chi connectivity index (χ0n) is 11.3. The predicted molar refractivity (Wildman–Crippen MR) is 99.9 cm³/mol. The van der Waals surface area contributed by atoms with Gasteiger partial charge in [0.25, 0.3) is 0 Å². The van der Waals surface area contributed by atoms with E-state index in [1.54, 1.807) is 0 Å². The molecule has 0 fully saturated rings. The largest absolute Gasteiger partial charge is 0.0776 e. The van der Waals surface area contributed by atoms with E-state index in [1.807, 2.05) is 0 Å². The molecular weight excluding hydrogens is 216 g/mol. The highest BCUT2D eigenvalue weighted by Crippen LogP contribution is 2.08. The van der Waals surface area contributed by atoms with E-state index in [2.05, 4.69) is 55.4 Å². The van der Waals surface area contributed by atoms with Gasteiger partial charge < -0.3 is 0 Å². The molecule has 18 heavy (non-hydrogen) atoms. The van der Waals surface area contributed by atoms with Crippen LogP contribution in [0.25, 0.3) is 0 Å². The molecular formula is C18H52. The summed E-state index contributed by atoms with van der Waals surface area (Å²) in [5, 5.41) is 0. The summed E-state index contributed by atoms with van der Waals surface area (Å²) in [5.41, 5.74) is 0.500. The maximum Gasteiger partial charge on any atom is -0.0411 e. The van der Waals surface area contributed by atoms with Crippen molar-refractivity contribution in [1.82, 2.24) is 0 Å². The minimum atomic E-state index is 0. The third-order valence-corrected chi connectivity index (χ3v) is 0.707. The van der Waals surface area contributed by atoms with E-state index >= 15 is 0 Å². The van der Waals surface area contributed by atoms with E-state index in [1.165, 1.54) is 25.7 Å². The van der Waals surface area contributed by atoms with Crippen molar-refractivity contribution < 1.29 is 0 Å². The lowest BCUT2D eigenvalue weighted by Crippen LogP contribution is -1.93. The molecule has 0 amide bonds. The number of unbranched alkanes of at least 4 members (excludes halogenated alkanes) is 2. The number of rotatable bonds is 2. The maximum atomic E-state index is 2.21. The molecule has 0 heteroatoms. The van der Waals surface area contributed by atoms with Gasteiger partial charge in [-0.25, -0.2) is 0 Å². The second-order valence-electron chi connectivity index (χ2n) is 5.06. The summed E-state index contributed by atoms with van der Waals surface area (Å²) in [6.07, 6.45) is 5.33. The second kappa shape index (κ2) is 43.5. The van der Waals surface area contributed by atoms with Gasteiger partial charge in [0.15, 0.2) is 0 Å². The standard InChI is InChI=1S/2C5H12.C3H8.5CH4/c1-5(2,3)4;1-3-5-4-2;1-3-2;;;;;/h1-4H3;3-5H2,1-2H3;3H2,1-2H3;5*1H4. The van der Waals surface area contributed by atoms with Crippen molar-refractivity contribution in [2.24, 2.45) is 5.41 Å². The highest BCUT2D eigenvalue weighted by Gasteiger charge is 1.95. The van der Waals surface area contributed by atoms with Crippen LogP contribution in [0.2, 0.25) is 0 Å². The SMILES string of the molecule is C.C.C.C.C.CC(C)(C)C.CCC.CCCCC. The van der Waals surface area contributed by atoms with Gasteiger partial charge in [0.2, 0.25) is 0 Å².